The summed E-state index contributed by atoms with van der Waals surface area (Å²) in [5.41, 5.74) is 1.32. The zero-order valence-electron chi connectivity index (χ0n) is 22.6. The van der Waals surface area contributed by atoms with Crippen molar-refractivity contribution in [2.45, 2.75) is 117 Å². The van der Waals surface area contributed by atoms with E-state index < -0.39 is 20.4 Å². The van der Waals surface area contributed by atoms with E-state index in [1.54, 1.807) is 0 Å². The van der Waals surface area contributed by atoms with Gasteiger partial charge in [-0.15, -0.1) is 0 Å². The van der Waals surface area contributed by atoms with Gasteiger partial charge in [0, 0.05) is 6.10 Å². The molecule has 0 amide bonds. The largest absolute Gasteiger partial charge is 0.479 e. The Labute approximate surface area is 209 Å². The number of fused-ring (bicyclic) bond motifs is 1. The maximum absolute atomic E-state index is 11.9. The van der Waals surface area contributed by atoms with Crippen LogP contribution in [0.1, 0.15) is 85.1 Å². The molecule has 0 aromatic heterocycles. The van der Waals surface area contributed by atoms with Gasteiger partial charge in [0.1, 0.15) is 0 Å². The Morgan fingerprint density at radius 2 is 1.82 bits per heavy atom. The van der Waals surface area contributed by atoms with Crippen molar-refractivity contribution in [3.05, 3.63) is 35.9 Å². The van der Waals surface area contributed by atoms with Crippen molar-refractivity contribution in [1.29, 1.82) is 0 Å². The molecule has 1 aromatic carbocycles. The fourth-order valence-electron chi connectivity index (χ4n) is 6.46. The van der Waals surface area contributed by atoms with Gasteiger partial charge in [-0.05, 0) is 85.4 Å². The van der Waals surface area contributed by atoms with Gasteiger partial charge in [-0.25, -0.2) is 4.79 Å². The molecule has 0 spiro atoms. The van der Waals surface area contributed by atoms with Crippen molar-refractivity contribution < 1.29 is 19.1 Å². The molecule has 0 saturated heterocycles. The topological polar surface area (TPSA) is 55.8 Å². The summed E-state index contributed by atoms with van der Waals surface area (Å²) in [6.07, 6.45) is 7.32. The van der Waals surface area contributed by atoms with E-state index in [4.69, 9.17) is 9.16 Å². The first-order valence-electron chi connectivity index (χ1n) is 13.4. The minimum absolute atomic E-state index is 0.234. The Morgan fingerprint density at radius 3 is 2.44 bits per heavy atom. The summed E-state index contributed by atoms with van der Waals surface area (Å²) in [4.78, 5) is 11.9. The second kappa shape index (κ2) is 10.8. The minimum Gasteiger partial charge on any atom is -0.479 e. The molecule has 6 atom stereocenters. The van der Waals surface area contributed by atoms with Crippen molar-refractivity contribution in [2.75, 3.05) is 0 Å². The number of carboxylic acids is 1. The maximum atomic E-state index is 11.9. The van der Waals surface area contributed by atoms with Gasteiger partial charge in [-0.1, -0.05) is 71.4 Å². The van der Waals surface area contributed by atoms with Crippen molar-refractivity contribution in [1.82, 2.24) is 0 Å². The van der Waals surface area contributed by atoms with Gasteiger partial charge >= 0.3 is 5.97 Å². The SMILES string of the molecule is CC(CCC(OCc1ccccc1)C(=O)O)[C@H]1CC[C@H]2[C@@H](O[Si](C)(C)C(C)(C)C)CCC[C@]12C. The lowest BCUT2D eigenvalue weighted by molar-refractivity contribution is -0.152. The highest BCUT2D eigenvalue weighted by Crippen LogP contribution is 2.59. The Balaban J connectivity index is 1.60. The second-order valence-corrected chi connectivity index (χ2v) is 17.5. The van der Waals surface area contributed by atoms with Crippen LogP contribution >= 0.6 is 0 Å². The van der Waals surface area contributed by atoms with Gasteiger partial charge in [0.2, 0.25) is 0 Å². The van der Waals surface area contributed by atoms with E-state index in [9.17, 15) is 9.90 Å². The Morgan fingerprint density at radius 1 is 1.15 bits per heavy atom. The highest BCUT2D eigenvalue weighted by molar-refractivity contribution is 6.74. The zero-order chi connectivity index (χ0) is 25.1. The van der Waals surface area contributed by atoms with Gasteiger partial charge < -0.3 is 14.3 Å². The van der Waals surface area contributed by atoms with Gasteiger partial charge in [-0.2, -0.15) is 0 Å². The van der Waals surface area contributed by atoms with Crippen LogP contribution in [0.25, 0.3) is 0 Å². The lowest BCUT2D eigenvalue weighted by Crippen LogP contribution is -2.50. The van der Waals surface area contributed by atoms with Crippen LogP contribution in [-0.2, 0) is 20.6 Å². The number of ether oxygens (including phenoxy) is 1. The molecule has 3 rings (SSSR count). The number of carboxylic acid groups (broad SMARTS) is 1. The van der Waals surface area contributed by atoms with Crippen LogP contribution in [-0.4, -0.2) is 31.6 Å². The van der Waals surface area contributed by atoms with E-state index in [0.29, 0.717) is 42.3 Å². The quantitative estimate of drug-likeness (QED) is 0.343. The Hall–Kier alpha value is -1.17. The smallest absolute Gasteiger partial charge is 0.332 e. The van der Waals surface area contributed by atoms with Crippen molar-refractivity contribution >= 4 is 14.3 Å². The molecule has 34 heavy (non-hydrogen) atoms. The number of hydrogen-bond acceptors (Lipinski definition) is 3. The molecule has 1 N–H and O–H groups in total. The molecule has 0 radical (unpaired) electrons. The molecular weight excluding hydrogens is 440 g/mol. The molecule has 192 valence electrons. The van der Waals surface area contributed by atoms with Gasteiger partial charge in [-0.3, -0.25) is 0 Å². The number of rotatable bonds is 10. The third-order valence-corrected chi connectivity index (χ3v) is 14.0. The lowest BCUT2D eigenvalue weighted by atomic mass is 9.61. The molecule has 0 aliphatic heterocycles. The van der Waals surface area contributed by atoms with Crippen LogP contribution in [0.2, 0.25) is 18.1 Å². The fraction of sp³-hybridized carbons (Fsp3) is 0.759. The van der Waals surface area contributed by atoms with Crippen LogP contribution in [0.5, 0.6) is 0 Å². The molecule has 0 bridgehead atoms. The summed E-state index contributed by atoms with van der Waals surface area (Å²) in [6, 6.07) is 9.83. The Bertz CT molecular complexity index is 802. The number of benzene rings is 1. The average Bonchev–Trinajstić information content (AvgIpc) is 3.11. The van der Waals surface area contributed by atoms with Crippen LogP contribution in [0, 0.1) is 23.2 Å². The zero-order valence-corrected chi connectivity index (χ0v) is 23.6. The summed E-state index contributed by atoms with van der Waals surface area (Å²) < 4.78 is 12.8. The van der Waals surface area contributed by atoms with Gasteiger partial charge in [0.25, 0.3) is 0 Å². The van der Waals surface area contributed by atoms with E-state index >= 15 is 0 Å². The third-order valence-electron chi connectivity index (χ3n) is 9.53. The van der Waals surface area contributed by atoms with Gasteiger partial charge in [0.05, 0.1) is 6.61 Å². The molecule has 5 heteroatoms. The summed E-state index contributed by atoms with van der Waals surface area (Å²) in [5.74, 6) is 0.905. The summed E-state index contributed by atoms with van der Waals surface area (Å²) in [6.45, 7) is 17.0. The first-order valence-corrected chi connectivity index (χ1v) is 16.3. The van der Waals surface area contributed by atoms with Crippen LogP contribution in [0.4, 0.5) is 0 Å². The Kier molecular flexibility index (Phi) is 8.74. The van der Waals surface area contributed by atoms with E-state index in [-0.39, 0.29) is 5.04 Å². The van der Waals surface area contributed by atoms with E-state index in [1.165, 1.54) is 32.1 Å². The first kappa shape index (κ1) is 27.4. The summed E-state index contributed by atoms with van der Waals surface area (Å²) >= 11 is 0. The number of aliphatic carboxylic acids is 1. The standard InChI is InChI=1S/C29H48O4Si/c1-21(15-18-26(27(30)31)32-20-22-12-9-8-10-13-22)23-16-17-24-25(14-11-19-29(23,24)5)33-34(6,7)28(2,3)4/h8-10,12-13,21,23-26H,11,14-20H2,1-7H3,(H,30,31)/t21?,23-,24+,25+,26?,29-/m1/s1. The molecule has 2 aliphatic rings. The average molecular weight is 489 g/mol. The van der Waals surface area contributed by atoms with Gasteiger partial charge in [0.15, 0.2) is 14.4 Å². The molecule has 2 aliphatic carbocycles. The molecular formula is C29H48O4Si. The van der Waals surface area contributed by atoms with E-state index in [0.717, 1.165) is 12.0 Å². The lowest BCUT2D eigenvalue weighted by Gasteiger charge is -2.50. The molecule has 2 unspecified atom stereocenters. The van der Waals surface area contributed by atoms with Crippen molar-refractivity contribution in [2.24, 2.45) is 23.2 Å². The fourth-order valence-corrected chi connectivity index (χ4v) is 7.85. The number of carbonyl (C=O) groups is 1. The van der Waals surface area contributed by atoms with Crippen LogP contribution in [0.15, 0.2) is 30.3 Å². The first-order chi connectivity index (χ1) is 15.8. The monoisotopic (exact) mass is 488 g/mol. The predicted octanol–water partition coefficient (Wildman–Crippen LogP) is 7.68. The normalized spacial score (nSPS) is 29.4. The second-order valence-electron chi connectivity index (χ2n) is 12.8. The van der Waals surface area contributed by atoms with Crippen molar-refractivity contribution in [3.63, 3.8) is 0 Å². The highest BCUT2D eigenvalue weighted by Gasteiger charge is 2.54. The molecule has 1 aromatic rings. The molecule has 4 nitrogen and oxygen atoms in total. The maximum Gasteiger partial charge on any atom is 0.332 e. The molecule has 2 fully saturated rings. The van der Waals surface area contributed by atoms with Crippen molar-refractivity contribution in [3.8, 4) is 0 Å². The molecule has 0 heterocycles. The third kappa shape index (κ3) is 6.14. The van der Waals surface area contributed by atoms with Crippen LogP contribution < -0.4 is 0 Å². The highest BCUT2D eigenvalue weighted by atomic mass is 28.4. The summed E-state index contributed by atoms with van der Waals surface area (Å²) in [5, 5.41) is 9.97. The van der Waals surface area contributed by atoms with Crippen LogP contribution in [0.3, 0.4) is 0 Å². The predicted molar refractivity (Wildman–Crippen MR) is 141 cm³/mol. The molecule has 2 saturated carbocycles. The van der Waals surface area contributed by atoms with E-state index in [1.807, 2.05) is 30.3 Å². The van der Waals surface area contributed by atoms with E-state index in [2.05, 4.69) is 47.7 Å². The minimum atomic E-state index is -1.80. The number of hydrogen-bond donors (Lipinski definition) is 1. The summed E-state index contributed by atoms with van der Waals surface area (Å²) in [7, 11) is -1.80.